The first-order valence-corrected chi connectivity index (χ1v) is 6.88. The molecule has 6 heteroatoms. The van der Waals surface area contributed by atoms with Crippen LogP contribution >= 0.6 is 11.6 Å². The van der Waals surface area contributed by atoms with Gasteiger partial charge in [0.2, 0.25) is 0 Å². The van der Waals surface area contributed by atoms with Gasteiger partial charge in [-0.25, -0.2) is 13.6 Å². The number of aromatic carboxylic acids is 1. The molecule has 2 rings (SSSR count). The predicted molar refractivity (Wildman–Crippen MR) is 79.7 cm³/mol. The molecular formula is C16H13ClF2O3. The van der Waals surface area contributed by atoms with Gasteiger partial charge in [-0.1, -0.05) is 11.6 Å². The quantitative estimate of drug-likeness (QED) is 0.886. The van der Waals surface area contributed by atoms with Gasteiger partial charge in [-0.15, -0.1) is 0 Å². The molecule has 0 aliphatic rings. The molecule has 22 heavy (non-hydrogen) atoms. The standard InChI is InChI=1S/C16H13ClF2O3/c1-3-22-13-7-12(17)8(2)14(16(20)21)15(13)9-4-10(18)6-11(19)5-9/h4-7H,3H2,1-2H3,(H,20,21). The molecule has 0 radical (unpaired) electrons. The molecule has 0 spiro atoms. The summed E-state index contributed by atoms with van der Waals surface area (Å²) in [5, 5.41) is 9.67. The number of hydrogen-bond acceptors (Lipinski definition) is 2. The van der Waals surface area contributed by atoms with E-state index in [0.29, 0.717) is 11.6 Å². The van der Waals surface area contributed by atoms with Crippen LogP contribution in [0.1, 0.15) is 22.8 Å². The highest BCUT2D eigenvalue weighted by atomic mass is 35.5. The van der Waals surface area contributed by atoms with Gasteiger partial charge in [0.25, 0.3) is 0 Å². The van der Waals surface area contributed by atoms with Gasteiger partial charge < -0.3 is 9.84 Å². The van der Waals surface area contributed by atoms with Crippen LogP contribution in [0.4, 0.5) is 8.78 Å². The molecule has 0 aliphatic carbocycles. The van der Waals surface area contributed by atoms with E-state index >= 15 is 0 Å². The Morgan fingerprint density at radius 1 is 1.23 bits per heavy atom. The van der Waals surface area contributed by atoms with Gasteiger partial charge in [-0.2, -0.15) is 0 Å². The Labute approximate surface area is 131 Å². The normalized spacial score (nSPS) is 10.6. The molecule has 2 aromatic rings. The van der Waals surface area contributed by atoms with Crippen molar-refractivity contribution >= 4 is 17.6 Å². The van der Waals surface area contributed by atoms with E-state index < -0.39 is 17.6 Å². The summed E-state index contributed by atoms with van der Waals surface area (Å²) in [6.07, 6.45) is 0. The summed E-state index contributed by atoms with van der Waals surface area (Å²) in [4.78, 5) is 11.6. The van der Waals surface area contributed by atoms with Crippen LogP contribution in [0.25, 0.3) is 11.1 Å². The number of carboxylic acid groups (broad SMARTS) is 1. The summed E-state index contributed by atoms with van der Waals surface area (Å²) in [5.74, 6) is -2.69. The number of benzene rings is 2. The van der Waals surface area contributed by atoms with Gasteiger partial charge in [-0.3, -0.25) is 0 Å². The second kappa shape index (κ2) is 6.32. The Bertz CT molecular complexity index is 724. The van der Waals surface area contributed by atoms with Crippen molar-refractivity contribution in [1.82, 2.24) is 0 Å². The van der Waals surface area contributed by atoms with Crippen molar-refractivity contribution in [3.63, 3.8) is 0 Å². The first-order valence-electron chi connectivity index (χ1n) is 6.50. The van der Waals surface area contributed by atoms with E-state index in [4.69, 9.17) is 16.3 Å². The highest BCUT2D eigenvalue weighted by Crippen LogP contribution is 2.39. The summed E-state index contributed by atoms with van der Waals surface area (Å²) >= 11 is 6.03. The zero-order chi connectivity index (χ0) is 16.4. The maximum atomic E-state index is 13.5. The second-order valence-electron chi connectivity index (χ2n) is 4.63. The number of carbonyl (C=O) groups is 1. The van der Waals surface area contributed by atoms with Crippen molar-refractivity contribution in [2.24, 2.45) is 0 Å². The first kappa shape index (κ1) is 16.2. The van der Waals surface area contributed by atoms with Gasteiger partial charge in [-0.05, 0) is 43.2 Å². The van der Waals surface area contributed by atoms with Crippen LogP contribution in [0.3, 0.4) is 0 Å². The molecule has 0 heterocycles. The third-order valence-electron chi connectivity index (χ3n) is 3.15. The van der Waals surface area contributed by atoms with Gasteiger partial charge in [0.15, 0.2) is 0 Å². The van der Waals surface area contributed by atoms with Crippen LogP contribution in [0.5, 0.6) is 5.75 Å². The van der Waals surface area contributed by atoms with Crippen LogP contribution < -0.4 is 4.74 Å². The number of rotatable bonds is 4. The molecule has 0 atom stereocenters. The fourth-order valence-electron chi connectivity index (χ4n) is 2.25. The first-order chi connectivity index (χ1) is 10.3. The third kappa shape index (κ3) is 3.04. The summed E-state index contributed by atoms with van der Waals surface area (Å²) in [5.41, 5.74) is 0.353. The Kier molecular flexibility index (Phi) is 4.66. The van der Waals surface area contributed by atoms with Crippen molar-refractivity contribution in [1.29, 1.82) is 0 Å². The van der Waals surface area contributed by atoms with E-state index in [1.54, 1.807) is 6.92 Å². The average molecular weight is 327 g/mol. The summed E-state index contributed by atoms with van der Waals surface area (Å²) in [6, 6.07) is 4.28. The lowest BCUT2D eigenvalue weighted by molar-refractivity contribution is 0.0696. The zero-order valence-corrected chi connectivity index (χ0v) is 12.7. The molecule has 0 amide bonds. The maximum Gasteiger partial charge on any atom is 0.336 e. The molecule has 0 fully saturated rings. The van der Waals surface area contributed by atoms with E-state index in [9.17, 15) is 18.7 Å². The molecule has 0 bridgehead atoms. The van der Waals surface area contributed by atoms with Gasteiger partial charge in [0.05, 0.1) is 12.2 Å². The fourth-order valence-corrected chi connectivity index (χ4v) is 2.44. The second-order valence-corrected chi connectivity index (χ2v) is 5.04. The SMILES string of the molecule is CCOc1cc(Cl)c(C)c(C(=O)O)c1-c1cc(F)cc(F)c1. The van der Waals surface area contributed by atoms with Crippen molar-refractivity contribution in [2.45, 2.75) is 13.8 Å². The summed E-state index contributed by atoms with van der Waals surface area (Å²) in [6.45, 7) is 3.49. The van der Waals surface area contributed by atoms with Crippen molar-refractivity contribution < 1.29 is 23.4 Å². The minimum atomic E-state index is -1.25. The number of halogens is 3. The lowest BCUT2D eigenvalue weighted by Gasteiger charge is -2.17. The Morgan fingerprint density at radius 3 is 2.32 bits per heavy atom. The molecule has 0 unspecified atom stereocenters. The van der Waals surface area contributed by atoms with Crippen molar-refractivity contribution in [3.05, 3.63) is 52.0 Å². The van der Waals surface area contributed by atoms with Crippen LogP contribution in [-0.2, 0) is 0 Å². The molecular weight excluding hydrogens is 314 g/mol. The maximum absolute atomic E-state index is 13.5. The van der Waals surface area contributed by atoms with Gasteiger partial charge in [0, 0.05) is 16.7 Å². The molecule has 116 valence electrons. The van der Waals surface area contributed by atoms with Crippen LogP contribution in [-0.4, -0.2) is 17.7 Å². The molecule has 0 aromatic heterocycles. The van der Waals surface area contributed by atoms with Gasteiger partial charge in [0.1, 0.15) is 17.4 Å². The highest BCUT2D eigenvalue weighted by molar-refractivity contribution is 6.32. The number of ether oxygens (including phenoxy) is 1. The van der Waals surface area contributed by atoms with E-state index in [1.807, 2.05) is 0 Å². The summed E-state index contributed by atoms with van der Waals surface area (Å²) < 4.78 is 32.4. The highest BCUT2D eigenvalue weighted by Gasteiger charge is 2.23. The average Bonchev–Trinajstić information content (AvgIpc) is 2.41. The molecule has 0 saturated heterocycles. The van der Waals surface area contributed by atoms with Crippen molar-refractivity contribution in [3.8, 4) is 16.9 Å². The lowest BCUT2D eigenvalue weighted by atomic mass is 9.94. The predicted octanol–water partition coefficient (Wildman–Crippen LogP) is 4.69. The summed E-state index contributed by atoms with van der Waals surface area (Å²) in [7, 11) is 0. The van der Waals surface area contributed by atoms with E-state index in [2.05, 4.69) is 0 Å². The van der Waals surface area contributed by atoms with Crippen LogP contribution in [0.15, 0.2) is 24.3 Å². The Balaban J connectivity index is 2.86. The third-order valence-corrected chi connectivity index (χ3v) is 3.54. The number of hydrogen-bond donors (Lipinski definition) is 1. The zero-order valence-electron chi connectivity index (χ0n) is 11.9. The van der Waals surface area contributed by atoms with Crippen LogP contribution in [0, 0.1) is 18.6 Å². The molecule has 3 nitrogen and oxygen atoms in total. The van der Waals surface area contributed by atoms with E-state index in [1.165, 1.54) is 13.0 Å². The topological polar surface area (TPSA) is 46.5 Å². The fraction of sp³-hybridized carbons (Fsp3) is 0.188. The molecule has 2 aromatic carbocycles. The molecule has 0 aliphatic heterocycles. The smallest absolute Gasteiger partial charge is 0.336 e. The van der Waals surface area contributed by atoms with Gasteiger partial charge >= 0.3 is 5.97 Å². The van der Waals surface area contributed by atoms with Crippen molar-refractivity contribution in [2.75, 3.05) is 6.61 Å². The largest absolute Gasteiger partial charge is 0.493 e. The molecule has 1 N–H and O–H groups in total. The molecule has 0 saturated carbocycles. The Morgan fingerprint density at radius 2 is 1.82 bits per heavy atom. The van der Waals surface area contributed by atoms with E-state index in [0.717, 1.165) is 12.1 Å². The lowest BCUT2D eigenvalue weighted by Crippen LogP contribution is -2.07. The number of carboxylic acids is 1. The van der Waals surface area contributed by atoms with E-state index in [-0.39, 0.29) is 34.1 Å². The minimum absolute atomic E-state index is 0.0816. The monoisotopic (exact) mass is 326 g/mol. The Hall–Kier alpha value is -2.14. The van der Waals surface area contributed by atoms with Crippen LogP contribution in [0.2, 0.25) is 5.02 Å². The minimum Gasteiger partial charge on any atom is -0.493 e.